The molecule has 0 radical (unpaired) electrons. The molecule has 2 aliphatic heterocycles. The van der Waals surface area contributed by atoms with E-state index >= 15 is 0 Å². The van der Waals surface area contributed by atoms with Gasteiger partial charge in [-0.3, -0.25) is 9.78 Å². The molecule has 1 aromatic carbocycles. The van der Waals surface area contributed by atoms with Crippen LogP contribution in [0, 0.1) is 0 Å². The lowest BCUT2D eigenvalue weighted by molar-refractivity contribution is 0.0592. The van der Waals surface area contributed by atoms with E-state index in [0.717, 1.165) is 12.8 Å². The van der Waals surface area contributed by atoms with Crippen LogP contribution in [-0.2, 0) is 9.84 Å². The number of fused-ring (bicyclic) bond motifs is 2. The third-order valence-corrected chi connectivity index (χ3v) is 7.51. The summed E-state index contributed by atoms with van der Waals surface area (Å²) >= 11 is 0. The van der Waals surface area contributed by atoms with Gasteiger partial charge in [0.15, 0.2) is 9.84 Å². The molecule has 2 unspecified atom stereocenters. The predicted molar refractivity (Wildman–Crippen MR) is 93.9 cm³/mol. The van der Waals surface area contributed by atoms with Crippen molar-refractivity contribution in [3.63, 3.8) is 0 Å². The molecule has 2 fully saturated rings. The topological polar surface area (TPSA) is 67.3 Å². The van der Waals surface area contributed by atoms with Gasteiger partial charge < -0.3 is 4.90 Å². The number of nitrogens with zero attached hydrogens (tertiary/aromatic N) is 2. The first kappa shape index (κ1) is 16.3. The molecule has 5 nitrogen and oxygen atoms in total. The molecule has 1 aromatic heterocycles. The monoisotopic (exact) mass is 356 g/mol. The van der Waals surface area contributed by atoms with Crippen LogP contribution in [0.4, 0.5) is 0 Å². The van der Waals surface area contributed by atoms with Crippen LogP contribution in [0.15, 0.2) is 59.6 Å². The van der Waals surface area contributed by atoms with Crippen molar-refractivity contribution in [3.8, 4) is 0 Å². The van der Waals surface area contributed by atoms with Crippen LogP contribution in [0.5, 0.6) is 0 Å². The number of hydrogen-bond donors (Lipinski definition) is 0. The van der Waals surface area contributed by atoms with E-state index in [1.807, 2.05) is 11.0 Å². The fourth-order valence-electron chi connectivity index (χ4n) is 4.14. The quantitative estimate of drug-likeness (QED) is 0.848. The summed E-state index contributed by atoms with van der Waals surface area (Å²) in [5, 5.41) is -0.416. The predicted octanol–water partition coefficient (Wildman–Crippen LogP) is 2.69. The third-order valence-electron chi connectivity index (χ3n) is 5.32. The number of aromatic nitrogens is 1. The van der Waals surface area contributed by atoms with E-state index in [-0.39, 0.29) is 18.0 Å². The van der Waals surface area contributed by atoms with Gasteiger partial charge in [0.1, 0.15) is 5.69 Å². The average molecular weight is 356 g/mol. The van der Waals surface area contributed by atoms with Gasteiger partial charge >= 0.3 is 0 Å². The highest BCUT2D eigenvalue weighted by molar-refractivity contribution is 7.92. The Morgan fingerprint density at radius 2 is 1.60 bits per heavy atom. The molecule has 2 bridgehead atoms. The number of benzene rings is 1. The number of pyridine rings is 1. The largest absolute Gasteiger partial charge is 0.331 e. The van der Waals surface area contributed by atoms with Crippen molar-refractivity contribution in [2.75, 3.05) is 0 Å². The fraction of sp³-hybridized carbons (Fsp3) is 0.368. The first-order valence-electron chi connectivity index (χ1n) is 8.60. The van der Waals surface area contributed by atoms with Crippen molar-refractivity contribution in [2.45, 2.75) is 47.9 Å². The summed E-state index contributed by atoms with van der Waals surface area (Å²) in [6.07, 6.45) is 4.36. The van der Waals surface area contributed by atoms with Crippen LogP contribution >= 0.6 is 0 Å². The smallest absolute Gasteiger partial charge is 0.272 e. The molecule has 2 aromatic rings. The highest BCUT2D eigenvalue weighted by atomic mass is 32.2. The Morgan fingerprint density at radius 3 is 2.20 bits per heavy atom. The third kappa shape index (κ3) is 2.84. The molecule has 1 amide bonds. The van der Waals surface area contributed by atoms with Gasteiger partial charge in [0.2, 0.25) is 0 Å². The van der Waals surface area contributed by atoms with E-state index in [1.54, 1.807) is 48.7 Å². The molecular formula is C19H20N2O3S. The number of carbonyl (C=O) groups is 1. The molecule has 2 saturated heterocycles. The van der Waals surface area contributed by atoms with E-state index in [2.05, 4.69) is 4.98 Å². The second-order valence-corrected chi connectivity index (χ2v) is 8.99. The van der Waals surface area contributed by atoms with Crippen molar-refractivity contribution >= 4 is 15.7 Å². The fourth-order valence-corrected chi connectivity index (χ4v) is 6.01. The Bertz CT molecular complexity index is 854. The van der Waals surface area contributed by atoms with Crippen LogP contribution in [0.2, 0.25) is 0 Å². The molecule has 3 heterocycles. The Morgan fingerprint density at radius 1 is 0.960 bits per heavy atom. The Balaban J connectivity index is 1.57. The zero-order valence-electron chi connectivity index (χ0n) is 13.8. The molecule has 2 aliphatic rings. The van der Waals surface area contributed by atoms with Crippen LogP contribution in [0.3, 0.4) is 0 Å². The van der Waals surface area contributed by atoms with E-state index in [0.29, 0.717) is 23.4 Å². The number of rotatable bonds is 3. The van der Waals surface area contributed by atoms with Gasteiger partial charge in [0, 0.05) is 18.3 Å². The van der Waals surface area contributed by atoms with Gasteiger partial charge in [0.25, 0.3) is 5.91 Å². The van der Waals surface area contributed by atoms with E-state index in [4.69, 9.17) is 0 Å². The number of carbonyl (C=O) groups excluding carboxylic acids is 1. The van der Waals surface area contributed by atoms with Gasteiger partial charge in [0.05, 0.1) is 10.1 Å². The Hall–Kier alpha value is -2.21. The molecular weight excluding hydrogens is 336 g/mol. The Kier molecular flexibility index (Phi) is 4.07. The van der Waals surface area contributed by atoms with Gasteiger partial charge in [-0.25, -0.2) is 8.42 Å². The minimum atomic E-state index is -3.36. The summed E-state index contributed by atoms with van der Waals surface area (Å²) < 4.78 is 25.9. The van der Waals surface area contributed by atoms with Crippen molar-refractivity contribution < 1.29 is 13.2 Å². The molecule has 130 valence electrons. The highest BCUT2D eigenvalue weighted by Crippen LogP contribution is 2.40. The van der Waals surface area contributed by atoms with Crippen molar-refractivity contribution in [1.82, 2.24) is 9.88 Å². The molecule has 0 saturated carbocycles. The summed E-state index contributed by atoms with van der Waals surface area (Å²) in [7, 11) is -3.36. The summed E-state index contributed by atoms with van der Waals surface area (Å²) in [5.41, 5.74) is 0.434. The zero-order valence-corrected chi connectivity index (χ0v) is 14.6. The standard InChI is InChI=1S/C19H20N2O3S/c22-19(18-8-4-5-11-20-18)21-14-9-10-15(21)13-17(12-14)25(23,24)16-6-2-1-3-7-16/h1-8,11,14-15,17H,9-10,12-13H2. The first-order chi connectivity index (χ1) is 12.1. The maximum absolute atomic E-state index is 12.9. The lowest BCUT2D eigenvalue weighted by Crippen LogP contribution is -2.49. The highest BCUT2D eigenvalue weighted by Gasteiger charge is 2.47. The molecule has 4 rings (SSSR count). The lowest BCUT2D eigenvalue weighted by Gasteiger charge is -2.38. The van der Waals surface area contributed by atoms with Crippen LogP contribution in [-0.4, -0.2) is 41.5 Å². The summed E-state index contributed by atoms with van der Waals surface area (Å²) in [6.45, 7) is 0. The van der Waals surface area contributed by atoms with E-state index in [9.17, 15) is 13.2 Å². The van der Waals surface area contributed by atoms with Gasteiger partial charge in [-0.2, -0.15) is 0 Å². The molecule has 6 heteroatoms. The molecule has 25 heavy (non-hydrogen) atoms. The minimum absolute atomic E-state index is 0.0169. The van der Waals surface area contributed by atoms with Crippen molar-refractivity contribution in [3.05, 3.63) is 60.4 Å². The number of sulfone groups is 1. The normalized spacial score (nSPS) is 25.8. The first-order valence-corrected chi connectivity index (χ1v) is 10.1. The molecule has 0 aliphatic carbocycles. The second kappa shape index (κ2) is 6.26. The average Bonchev–Trinajstić information content (AvgIpc) is 2.91. The van der Waals surface area contributed by atoms with Crippen LogP contribution < -0.4 is 0 Å². The molecule has 2 atom stereocenters. The number of piperidine rings is 1. The number of amides is 1. The summed E-state index contributed by atoms with van der Waals surface area (Å²) in [5.74, 6) is -0.0799. The summed E-state index contributed by atoms with van der Waals surface area (Å²) in [6, 6.07) is 13.9. The minimum Gasteiger partial charge on any atom is -0.331 e. The van der Waals surface area contributed by atoms with Crippen molar-refractivity contribution in [1.29, 1.82) is 0 Å². The van der Waals surface area contributed by atoms with Crippen LogP contribution in [0.1, 0.15) is 36.2 Å². The van der Waals surface area contributed by atoms with Gasteiger partial charge in [-0.1, -0.05) is 24.3 Å². The molecule has 0 N–H and O–H groups in total. The summed E-state index contributed by atoms with van der Waals surface area (Å²) in [4.78, 5) is 19.2. The zero-order chi connectivity index (χ0) is 17.4. The Labute approximate surface area is 147 Å². The second-order valence-electron chi connectivity index (χ2n) is 6.76. The maximum Gasteiger partial charge on any atom is 0.272 e. The van der Waals surface area contributed by atoms with Crippen molar-refractivity contribution in [2.24, 2.45) is 0 Å². The SMILES string of the molecule is O=C(c1ccccn1)N1C2CCC1CC(S(=O)(=O)c1ccccc1)C2. The van der Waals surface area contributed by atoms with E-state index < -0.39 is 15.1 Å². The number of hydrogen-bond acceptors (Lipinski definition) is 4. The lowest BCUT2D eigenvalue weighted by atomic mass is 10.0. The van der Waals surface area contributed by atoms with E-state index in [1.165, 1.54) is 0 Å². The van der Waals surface area contributed by atoms with Gasteiger partial charge in [-0.05, 0) is 49.9 Å². The molecule has 0 spiro atoms. The van der Waals surface area contributed by atoms with Crippen LogP contribution in [0.25, 0.3) is 0 Å². The maximum atomic E-state index is 12.9. The van der Waals surface area contributed by atoms with Gasteiger partial charge in [-0.15, -0.1) is 0 Å².